The molecule has 2 aromatic rings. The Balaban J connectivity index is 1.75. The molecule has 0 radical (unpaired) electrons. The molecule has 1 fully saturated rings. The molecule has 0 N–H and O–H groups in total. The number of likely N-dealkylation sites (tertiary alicyclic amines) is 1. The zero-order valence-electron chi connectivity index (χ0n) is 12.5. The molecule has 3 rings (SSSR count). The fourth-order valence-corrected chi connectivity index (χ4v) is 2.95. The average Bonchev–Trinajstić information content (AvgIpc) is 3.15. The van der Waals surface area contributed by atoms with Crippen molar-refractivity contribution in [2.45, 2.75) is 39.2 Å². The summed E-state index contributed by atoms with van der Waals surface area (Å²) in [5.41, 5.74) is 0.398. The fraction of sp³-hybridized carbons (Fsp3) is 0.533. The van der Waals surface area contributed by atoms with Crippen molar-refractivity contribution in [3.8, 4) is 0 Å². The molecule has 0 spiro atoms. The van der Waals surface area contributed by atoms with Crippen LogP contribution in [0.5, 0.6) is 0 Å². The second-order valence-electron chi connectivity index (χ2n) is 5.47. The van der Waals surface area contributed by atoms with Crippen LogP contribution in [0.2, 0.25) is 0 Å². The summed E-state index contributed by atoms with van der Waals surface area (Å²) < 4.78 is 7.20. The Bertz CT molecular complexity index is 631. The minimum Gasteiger partial charge on any atom is -0.361 e. The van der Waals surface area contributed by atoms with Crippen molar-refractivity contribution in [2.24, 2.45) is 0 Å². The van der Waals surface area contributed by atoms with Crippen LogP contribution in [0.4, 0.5) is 0 Å². The molecule has 0 bridgehead atoms. The number of imidazole rings is 1. The van der Waals surface area contributed by atoms with Gasteiger partial charge in [-0.2, -0.15) is 0 Å². The fourth-order valence-electron chi connectivity index (χ4n) is 2.95. The largest absolute Gasteiger partial charge is 0.361 e. The zero-order chi connectivity index (χ0) is 14.8. The Morgan fingerprint density at radius 2 is 2.38 bits per heavy atom. The zero-order valence-corrected chi connectivity index (χ0v) is 12.5. The number of nitrogens with zero attached hydrogens (tertiary/aromatic N) is 4. The number of carbonyl (C=O) groups is 1. The van der Waals surface area contributed by atoms with Gasteiger partial charge in [0.2, 0.25) is 0 Å². The summed E-state index contributed by atoms with van der Waals surface area (Å²) in [7, 11) is 0. The number of aryl methyl sites for hydroxylation is 2. The highest BCUT2D eigenvalue weighted by Crippen LogP contribution is 2.24. The number of carbonyl (C=O) groups excluding carboxylic acids is 1. The van der Waals surface area contributed by atoms with Crippen LogP contribution >= 0.6 is 0 Å². The summed E-state index contributed by atoms with van der Waals surface area (Å²) >= 11 is 0. The van der Waals surface area contributed by atoms with E-state index in [4.69, 9.17) is 4.52 Å². The molecule has 0 saturated carbocycles. The van der Waals surface area contributed by atoms with Crippen LogP contribution in [0.1, 0.15) is 47.9 Å². The molecule has 2 aromatic heterocycles. The lowest BCUT2D eigenvalue weighted by Gasteiger charge is -2.33. The maximum atomic E-state index is 12.5. The normalized spacial score (nSPS) is 19.0. The van der Waals surface area contributed by atoms with Gasteiger partial charge in [-0.1, -0.05) is 12.1 Å². The van der Waals surface area contributed by atoms with Crippen molar-refractivity contribution in [3.63, 3.8) is 0 Å². The molecule has 6 heteroatoms. The van der Waals surface area contributed by atoms with Gasteiger partial charge in [0.15, 0.2) is 5.69 Å². The number of aromatic nitrogens is 3. The minimum absolute atomic E-state index is 0.0466. The Kier molecular flexibility index (Phi) is 3.77. The lowest BCUT2D eigenvalue weighted by atomic mass is 10.0. The van der Waals surface area contributed by atoms with Gasteiger partial charge in [-0.15, -0.1) is 0 Å². The summed E-state index contributed by atoms with van der Waals surface area (Å²) in [5, 5.41) is 3.83. The number of hydrogen-bond donors (Lipinski definition) is 0. The van der Waals surface area contributed by atoms with E-state index < -0.39 is 0 Å². The number of piperidine rings is 1. The first-order chi connectivity index (χ1) is 10.2. The molecule has 0 aromatic carbocycles. The highest BCUT2D eigenvalue weighted by Gasteiger charge is 2.27. The van der Waals surface area contributed by atoms with E-state index in [1.807, 2.05) is 17.3 Å². The maximum absolute atomic E-state index is 12.5. The molecular weight excluding hydrogens is 268 g/mol. The predicted octanol–water partition coefficient (Wildman–Crippen LogP) is 2.22. The number of amides is 1. The highest BCUT2D eigenvalue weighted by molar-refractivity contribution is 5.92. The van der Waals surface area contributed by atoms with E-state index in [1.165, 1.54) is 0 Å². The third-order valence-electron chi connectivity index (χ3n) is 3.99. The van der Waals surface area contributed by atoms with Gasteiger partial charge in [0.1, 0.15) is 11.6 Å². The highest BCUT2D eigenvalue weighted by atomic mass is 16.5. The van der Waals surface area contributed by atoms with Gasteiger partial charge in [-0.05, 0) is 19.8 Å². The van der Waals surface area contributed by atoms with Gasteiger partial charge in [0, 0.05) is 38.0 Å². The van der Waals surface area contributed by atoms with E-state index in [-0.39, 0.29) is 5.91 Å². The Morgan fingerprint density at radius 3 is 3.10 bits per heavy atom. The van der Waals surface area contributed by atoms with E-state index in [1.54, 1.807) is 13.0 Å². The molecule has 1 amide bonds. The van der Waals surface area contributed by atoms with Crippen LogP contribution in [0, 0.1) is 6.92 Å². The van der Waals surface area contributed by atoms with Crippen LogP contribution < -0.4 is 0 Å². The molecule has 112 valence electrons. The van der Waals surface area contributed by atoms with Crippen molar-refractivity contribution in [2.75, 3.05) is 13.1 Å². The maximum Gasteiger partial charge on any atom is 0.276 e. The molecule has 1 aliphatic rings. The van der Waals surface area contributed by atoms with Crippen LogP contribution in [-0.4, -0.2) is 38.6 Å². The molecule has 6 nitrogen and oxygen atoms in total. The van der Waals surface area contributed by atoms with E-state index >= 15 is 0 Å². The van der Waals surface area contributed by atoms with Gasteiger partial charge in [0.05, 0.1) is 6.04 Å². The summed E-state index contributed by atoms with van der Waals surface area (Å²) in [6, 6.07) is 1.99. The second-order valence-corrected chi connectivity index (χ2v) is 5.47. The monoisotopic (exact) mass is 288 g/mol. The van der Waals surface area contributed by atoms with Gasteiger partial charge in [-0.25, -0.2) is 4.98 Å². The standard InChI is InChI=1S/C15H20N4O2/c1-3-14-16-6-8-19(14)12-5-4-7-18(10-12)15(20)13-9-11(2)21-17-13/h6,8-9,12H,3-5,7,10H2,1-2H3/t12-/m0/s1. The van der Waals surface area contributed by atoms with E-state index in [9.17, 15) is 4.79 Å². The lowest BCUT2D eigenvalue weighted by molar-refractivity contribution is 0.0667. The smallest absolute Gasteiger partial charge is 0.276 e. The first-order valence-electron chi connectivity index (χ1n) is 7.43. The third kappa shape index (κ3) is 2.70. The minimum atomic E-state index is -0.0466. The summed E-state index contributed by atoms with van der Waals surface area (Å²) in [6.45, 7) is 5.37. The van der Waals surface area contributed by atoms with Crippen LogP contribution in [0.15, 0.2) is 23.0 Å². The van der Waals surface area contributed by atoms with Crippen molar-refractivity contribution in [1.82, 2.24) is 19.6 Å². The van der Waals surface area contributed by atoms with Gasteiger partial charge >= 0.3 is 0 Å². The SMILES string of the molecule is CCc1nccn1[C@H]1CCCN(C(=O)c2cc(C)on2)C1. The van der Waals surface area contributed by atoms with Crippen LogP contribution in [0.25, 0.3) is 0 Å². The van der Waals surface area contributed by atoms with Gasteiger partial charge in [0.25, 0.3) is 5.91 Å². The van der Waals surface area contributed by atoms with E-state index in [0.717, 1.165) is 31.6 Å². The summed E-state index contributed by atoms with van der Waals surface area (Å²) in [6.07, 6.45) is 6.82. The third-order valence-corrected chi connectivity index (χ3v) is 3.99. The molecule has 3 heterocycles. The first-order valence-corrected chi connectivity index (χ1v) is 7.43. The molecule has 0 unspecified atom stereocenters. The van der Waals surface area contributed by atoms with Crippen molar-refractivity contribution in [1.29, 1.82) is 0 Å². The average molecular weight is 288 g/mol. The van der Waals surface area contributed by atoms with E-state index in [0.29, 0.717) is 24.0 Å². The Morgan fingerprint density at radius 1 is 1.52 bits per heavy atom. The number of hydrogen-bond acceptors (Lipinski definition) is 4. The molecule has 1 saturated heterocycles. The van der Waals surface area contributed by atoms with Gasteiger partial charge < -0.3 is 14.0 Å². The van der Waals surface area contributed by atoms with Crippen LogP contribution in [0.3, 0.4) is 0 Å². The van der Waals surface area contributed by atoms with Gasteiger partial charge in [-0.3, -0.25) is 4.79 Å². The lowest BCUT2D eigenvalue weighted by Crippen LogP contribution is -2.41. The topological polar surface area (TPSA) is 64.2 Å². The van der Waals surface area contributed by atoms with Crippen molar-refractivity contribution < 1.29 is 9.32 Å². The quantitative estimate of drug-likeness (QED) is 0.868. The van der Waals surface area contributed by atoms with E-state index in [2.05, 4.69) is 21.6 Å². The summed E-state index contributed by atoms with van der Waals surface area (Å²) in [4.78, 5) is 18.7. The van der Waals surface area contributed by atoms with Crippen molar-refractivity contribution >= 4 is 5.91 Å². The van der Waals surface area contributed by atoms with Crippen molar-refractivity contribution in [3.05, 3.63) is 35.7 Å². The number of rotatable bonds is 3. The summed E-state index contributed by atoms with van der Waals surface area (Å²) in [5.74, 6) is 1.69. The molecule has 21 heavy (non-hydrogen) atoms. The first kappa shape index (κ1) is 13.9. The Hall–Kier alpha value is -2.11. The van der Waals surface area contributed by atoms with Crippen LogP contribution in [-0.2, 0) is 6.42 Å². The molecule has 1 aliphatic heterocycles. The molecule has 1 atom stereocenters. The molecular formula is C15H20N4O2. The second kappa shape index (κ2) is 5.71. The molecule has 0 aliphatic carbocycles. The predicted molar refractivity (Wildman–Crippen MR) is 77.0 cm³/mol. The Labute approximate surface area is 123 Å².